The number of hydrogen-bond acceptors (Lipinski definition) is 3. The molecular weight excluding hydrogens is 310 g/mol. The predicted molar refractivity (Wildman–Crippen MR) is 94.5 cm³/mol. The highest BCUT2D eigenvalue weighted by molar-refractivity contribution is 7.87. The molecule has 1 aromatic rings. The summed E-state index contributed by atoms with van der Waals surface area (Å²) >= 11 is 0. The van der Waals surface area contributed by atoms with Crippen molar-refractivity contribution in [2.75, 3.05) is 39.3 Å². The molecule has 1 saturated heterocycles. The third-order valence-electron chi connectivity index (χ3n) is 4.53. The minimum atomic E-state index is -3.32. The topological polar surface area (TPSA) is 52.7 Å². The van der Waals surface area contributed by atoms with Gasteiger partial charge in [-0.05, 0) is 30.9 Å². The molecule has 0 aromatic heterocycles. The van der Waals surface area contributed by atoms with E-state index >= 15 is 0 Å². The van der Waals surface area contributed by atoms with Crippen LogP contribution >= 0.6 is 0 Å². The smallest absolute Gasteiger partial charge is 0.279 e. The van der Waals surface area contributed by atoms with Crippen LogP contribution in [0.1, 0.15) is 25.8 Å². The number of rotatable bonds is 9. The number of hydrogen-bond donors (Lipinski definition) is 1. The van der Waals surface area contributed by atoms with Gasteiger partial charge in [-0.1, -0.05) is 44.2 Å². The Kier molecular flexibility index (Phi) is 7.02. The van der Waals surface area contributed by atoms with Crippen LogP contribution in [-0.2, 0) is 16.6 Å². The highest BCUT2D eigenvalue weighted by Crippen LogP contribution is 2.16. The van der Waals surface area contributed by atoms with Gasteiger partial charge < -0.3 is 4.90 Å². The van der Waals surface area contributed by atoms with Crippen LogP contribution in [-0.4, -0.2) is 56.9 Å². The maximum absolute atomic E-state index is 12.1. The maximum Gasteiger partial charge on any atom is 0.279 e. The summed E-state index contributed by atoms with van der Waals surface area (Å²) in [6, 6.07) is 10.5. The zero-order valence-electron chi connectivity index (χ0n) is 14.2. The Hall–Kier alpha value is -0.950. The lowest BCUT2D eigenvalue weighted by Gasteiger charge is -2.20. The van der Waals surface area contributed by atoms with Gasteiger partial charge in [0.1, 0.15) is 0 Å². The first-order chi connectivity index (χ1) is 11.0. The van der Waals surface area contributed by atoms with Crippen molar-refractivity contribution in [1.82, 2.24) is 13.9 Å². The maximum atomic E-state index is 12.1. The van der Waals surface area contributed by atoms with Gasteiger partial charge in [-0.2, -0.15) is 12.7 Å². The standard InChI is InChI=1S/C17H29N3O2S/c1-3-20(4-2)23(21,22)18-14-17-11-13-19(15-17)12-10-16-8-6-5-7-9-16/h5-9,17-18H,3-4,10-15H2,1-2H3/t17-/m0/s1. The summed E-state index contributed by atoms with van der Waals surface area (Å²) in [5.74, 6) is 0.413. The lowest BCUT2D eigenvalue weighted by atomic mass is 10.1. The quantitative estimate of drug-likeness (QED) is 0.745. The van der Waals surface area contributed by atoms with Crippen LogP contribution < -0.4 is 4.72 Å². The number of likely N-dealkylation sites (tertiary alicyclic amines) is 1. The first kappa shape index (κ1) is 18.4. The van der Waals surface area contributed by atoms with Gasteiger partial charge in [0, 0.05) is 32.7 Å². The van der Waals surface area contributed by atoms with E-state index in [0.29, 0.717) is 25.6 Å². The number of nitrogens with one attached hydrogen (secondary N) is 1. The molecule has 1 fully saturated rings. The van der Waals surface area contributed by atoms with Crippen molar-refractivity contribution < 1.29 is 8.42 Å². The molecule has 0 aliphatic carbocycles. The molecule has 0 unspecified atom stereocenters. The van der Waals surface area contributed by atoms with Crippen molar-refractivity contribution >= 4 is 10.2 Å². The Bertz CT molecular complexity index is 558. The molecule has 1 atom stereocenters. The van der Waals surface area contributed by atoms with Crippen molar-refractivity contribution in [1.29, 1.82) is 0 Å². The van der Waals surface area contributed by atoms with Gasteiger partial charge in [0.15, 0.2) is 0 Å². The number of nitrogens with zero attached hydrogens (tertiary/aromatic N) is 2. The second kappa shape index (κ2) is 8.78. The first-order valence-corrected chi connectivity index (χ1v) is 10.00. The summed E-state index contributed by atoms with van der Waals surface area (Å²) < 4.78 is 28.5. The van der Waals surface area contributed by atoms with Gasteiger partial charge >= 0.3 is 0 Å². The van der Waals surface area contributed by atoms with Gasteiger partial charge in [-0.3, -0.25) is 0 Å². The lowest BCUT2D eigenvalue weighted by molar-refractivity contribution is 0.327. The summed E-state index contributed by atoms with van der Waals surface area (Å²) in [5, 5.41) is 0. The molecule has 2 rings (SSSR count). The Labute approximate surface area is 140 Å². The zero-order chi connectivity index (χ0) is 16.7. The van der Waals surface area contributed by atoms with E-state index in [-0.39, 0.29) is 0 Å². The van der Waals surface area contributed by atoms with Gasteiger partial charge in [-0.15, -0.1) is 0 Å². The van der Waals surface area contributed by atoms with Gasteiger partial charge in [0.05, 0.1) is 0 Å². The van der Waals surface area contributed by atoms with E-state index < -0.39 is 10.2 Å². The van der Waals surface area contributed by atoms with Crippen molar-refractivity contribution in [2.45, 2.75) is 26.7 Å². The second-order valence-electron chi connectivity index (χ2n) is 6.13. The fourth-order valence-electron chi connectivity index (χ4n) is 3.09. The molecule has 1 aliphatic rings. The lowest BCUT2D eigenvalue weighted by Crippen LogP contribution is -2.42. The van der Waals surface area contributed by atoms with E-state index in [1.807, 2.05) is 19.9 Å². The zero-order valence-corrected chi connectivity index (χ0v) is 15.1. The van der Waals surface area contributed by atoms with E-state index in [0.717, 1.165) is 32.5 Å². The van der Waals surface area contributed by atoms with Gasteiger partial charge in [0.25, 0.3) is 10.2 Å². The van der Waals surface area contributed by atoms with Crippen LogP contribution in [0.15, 0.2) is 30.3 Å². The second-order valence-corrected chi connectivity index (χ2v) is 7.88. The molecule has 1 heterocycles. The van der Waals surface area contributed by atoms with E-state index in [1.54, 1.807) is 0 Å². The van der Waals surface area contributed by atoms with E-state index in [1.165, 1.54) is 9.87 Å². The fourth-order valence-corrected chi connectivity index (χ4v) is 4.40. The minimum Gasteiger partial charge on any atom is -0.303 e. The van der Waals surface area contributed by atoms with Crippen LogP contribution in [0.4, 0.5) is 0 Å². The average molecular weight is 340 g/mol. The van der Waals surface area contributed by atoms with Crippen LogP contribution in [0.5, 0.6) is 0 Å². The Morgan fingerprint density at radius 1 is 1.22 bits per heavy atom. The van der Waals surface area contributed by atoms with E-state index in [9.17, 15) is 8.42 Å². The first-order valence-electron chi connectivity index (χ1n) is 8.56. The van der Waals surface area contributed by atoms with Crippen molar-refractivity contribution in [2.24, 2.45) is 5.92 Å². The third-order valence-corrected chi connectivity index (χ3v) is 6.26. The van der Waals surface area contributed by atoms with E-state index in [4.69, 9.17) is 0 Å². The predicted octanol–water partition coefficient (Wildman–Crippen LogP) is 1.73. The van der Waals surface area contributed by atoms with Gasteiger partial charge in [0.2, 0.25) is 0 Å². The van der Waals surface area contributed by atoms with Crippen molar-refractivity contribution in [3.8, 4) is 0 Å². The summed E-state index contributed by atoms with van der Waals surface area (Å²) in [5.41, 5.74) is 1.36. The van der Waals surface area contributed by atoms with E-state index in [2.05, 4.69) is 33.9 Å². The SMILES string of the molecule is CCN(CC)S(=O)(=O)NC[C@@H]1CCN(CCc2ccccc2)C1. The normalized spacial score (nSPS) is 19.5. The summed E-state index contributed by atoms with van der Waals surface area (Å²) in [7, 11) is -3.32. The molecule has 1 aromatic carbocycles. The highest BCUT2D eigenvalue weighted by Gasteiger charge is 2.25. The summed E-state index contributed by atoms with van der Waals surface area (Å²) in [4.78, 5) is 2.43. The fraction of sp³-hybridized carbons (Fsp3) is 0.647. The molecule has 0 amide bonds. The molecule has 6 heteroatoms. The van der Waals surface area contributed by atoms with Gasteiger partial charge in [-0.25, -0.2) is 4.72 Å². The molecule has 0 saturated carbocycles. The Morgan fingerprint density at radius 2 is 1.91 bits per heavy atom. The molecule has 23 heavy (non-hydrogen) atoms. The molecule has 0 bridgehead atoms. The minimum absolute atomic E-state index is 0.413. The molecule has 0 radical (unpaired) electrons. The third kappa shape index (κ3) is 5.57. The average Bonchev–Trinajstić information content (AvgIpc) is 3.01. The molecule has 0 spiro atoms. The monoisotopic (exact) mass is 339 g/mol. The molecule has 1 aliphatic heterocycles. The van der Waals surface area contributed by atoms with Crippen LogP contribution in [0.25, 0.3) is 0 Å². The van der Waals surface area contributed by atoms with Crippen molar-refractivity contribution in [3.05, 3.63) is 35.9 Å². The summed E-state index contributed by atoms with van der Waals surface area (Å²) in [6.45, 7) is 8.38. The van der Waals surface area contributed by atoms with Crippen LogP contribution in [0.2, 0.25) is 0 Å². The van der Waals surface area contributed by atoms with Crippen LogP contribution in [0.3, 0.4) is 0 Å². The molecular formula is C17H29N3O2S. The number of benzene rings is 1. The Balaban J connectivity index is 1.73. The largest absolute Gasteiger partial charge is 0.303 e. The molecule has 130 valence electrons. The molecule has 5 nitrogen and oxygen atoms in total. The molecule has 1 N–H and O–H groups in total. The highest BCUT2D eigenvalue weighted by atomic mass is 32.2. The van der Waals surface area contributed by atoms with Crippen LogP contribution in [0, 0.1) is 5.92 Å². The summed E-state index contributed by atoms with van der Waals surface area (Å²) in [6.07, 6.45) is 2.12. The Morgan fingerprint density at radius 3 is 2.57 bits per heavy atom. The van der Waals surface area contributed by atoms with Crippen molar-refractivity contribution in [3.63, 3.8) is 0 Å².